The normalized spacial score (nSPS) is 10.1. The zero-order valence-electron chi connectivity index (χ0n) is 11.2. The first-order valence-electron chi connectivity index (χ1n) is 6.03. The Morgan fingerprint density at radius 2 is 1.70 bits per heavy atom. The lowest BCUT2D eigenvalue weighted by atomic mass is 10.1. The van der Waals surface area contributed by atoms with Crippen molar-refractivity contribution in [3.05, 3.63) is 67.2 Å². The number of aromatic hydroxyl groups is 1. The number of amides is 1. The van der Waals surface area contributed by atoms with Crippen LogP contribution in [0, 0.1) is 20.2 Å². The van der Waals surface area contributed by atoms with Crippen molar-refractivity contribution < 1.29 is 19.7 Å². The highest BCUT2D eigenvalue weighted by molar-refractivity contribution is 6.31. The number of benzene rings is 2. The van der Waals surface area contributed by atoms with Crippen molar-refractivity contribution in [2.45, 2.75) is 0 Å². The molecule has 0 fully saturated rings. The maximum atomic E-state index is 12.2. The summed E-state index contributed by atoms with van der Waals surface area (Å²) in [6.07, 6.45) is 0. The van der Waals surface area contributed by atoms with Crippen LogP contribution >= 0.6 is 11.6 Å². The molecule has 2 rings (SSSR count). The van der Waals surface area contributed by atoms with E-state index in [-0.39, 0.29) is 16.4 Å². The van der Waals surface area contributed by atoms with E-state index < -0.39 is 32.8 Å². The van der Waals surface area contributed by atoms with Crippen LogP contribution in [-0.2, 0) is 0 Å². The quantitative estimate of drug-likeness (QED) is 0.649. The third-order valence-corrected chi connectivity index (χ3v) is 3.06. The number of nitro benzene ring substituents is 2. The van der Waals surface area contributed by atoms with Gasteiger partial charge in [-0.1, -0.05) is 23.7 Å². The molecule has 0 atom stereocenters. The van der Waals surface area contributed by atoms with Gasteiger partial charge in [0.25, 0.3) is 11.6 Å². The lowest BCUT2D eigenvalue weighted by Gasteiger charge is -2.08. The zero-order chi connectivity index (χ0) is 17.1. The molecule has 118 valence electrons. The molecule has 0 aliphatic rings. The summed E-state index contributed by atoms with van der Waals surface area (Å²) < 4.78 is 0. The van der Waals surface area contributed by atoms with Gasteiger partial charge >= 0.3 is 5.69 Å². The van der Waals surface area contributed by atoms with Crippen molar-refractivity contribution in [3.63, 3.8) is 0 Å². The number of anilines is 1. The molecule has 0 heterocycles. The molecule has 0 spiro atoms. The molecule has 0 aromatic heterocycles. The molecule has 2 aromatic rings. The van der Waals surface area contributed by atoms with Gasteiger partial charge in [-0.05, 0) is 12.1 Å². The summed E-state index contributed by atoms with van der Waals surface area (Å²) in [5, 5.41) is 33.6. The Balaban J connectivity index is 2.43. The lowest BCUT2D eigenvalue weighted by molar-refractivity contribution is -0.385. The van der Waals surface area contributed by atoms with Crippen molar-refractivity contribution in [1.29, 1.82) is 0 Å². The van der Waals surface area contributed by atoms with Crippen molar-refractivity contribution >= 4 is 34.6 Å². The Morgan fingerprint density at radius 1 is 1.09 bits per heavy atom. The Kier molecular flexibility index (Phi) is 4.42. The van der Waals surface area contributed by atoms with E-state index in [0.717, 1.165) is 12.1 Å². The van der Waals surface area contributed by atoms with E-state index in [0.29, 0.717) is 0 Å². The second-order valence-corrected chi connectivity index (χ2v) is 4.74. The minimum Gasteiger partial charge on any atom is -0.502 e. The smallest absolute Gasteiger partial charge is 0.313 e. The molecular formula is C13H8ClN3O6. The summed E-state index contributed by atoms with van der Waals surface area (Å²) in [5.41, 5.74) is -1.70. The van der Waals surface area contributed by atoms with E-state index in [9.17, 15) is 30.1 Å². The minimum atomic E-state index is -0.970. The second-order valence-electron chi connectivity index (χ2n) is 4.31. The summed E-state index contributed by atoms with van der Waals surface area (Å²) in [7, 11) is 0. The first kappa shape index (κ1) is 16.2. The van der Waals surface area contributed by atoms with Crippen LogP contribution in [0.4, 0.5) is 17.1 Å². The summed E-state index contributed by atoms with van der Waals surface area (Å²) in [6, 6.07) is 7.24. The Morgan fingerprint density at radius 3 is 2.30 bits per heavy atom. The molecular weight excluding hydrogens is 330 g/mol. The molecule has 0 aliphatic heterocycles. The van der Waals surface area contributed by atoms with Gasteiger partial charge in [0.1, 0.15) is 5.69 Å². The number of nitrogens with zero attached hydrogens (tertiary/aromatic N) is 2. The summed E-state index contributed by atoms with van der Waals surface area (Å²) in [5.74, 6) is -1.85. The number of para-hydroxylation sites is 2. The maximum Gasteiger partial charge on any atom is 0.313 e. The number of nitro groups is 2. The van der Waals surface area contributed by atoms with Crippen LogP contribution in [0.1, 0.15) is 10.4 Å². The predicted octanol–water partition coefficient (Wildman–Crippen LogP) is 3.11. The third kappa shape index (κ3) is 3.35. The van der Waals surface area contributed by atoms with Crippen LogP contribution in [0.25, 0.3) is 0 Å². The van der Waals surface area contributed by atoms with Crippen LogP contribution in [0.2, 0.25) is 5.02 Å². The molecule has 1 amide bonds. The second kappa shape index (κ2) is 6.28. The first-order chi connectivity index (χ1) is 10.8. The fourth-order valence-electron chi connectivity index (χ4n) is 1.83. The van der Waals surface area contributed by atoms with Crippen molar-refractivity contribution in [2.24, 2.45) is 0 Å². The fraction of sp³-hybridized carbons (Fsp3) is 0. The molecule has 23 heavy (non-hydrogen) atoms. The SMILES string of the molecule is O=C(Nc1ccccc1[N+](=O)[O-])c1cc(Cl)cc([N+](=O)[O-])c1O. The van der Waals surface area contributed by atoms with Crippen LogP contribution < -0.4 is 5.32 Å². The van der Waals surface area contributed by atoms with E-state index in [1.54, 1.807) is 0 Å². The number of hydrogen-bond donors (Lipinski definition) is 2. The van der Waals surface area contributed by atoms with Gasteiger partial charge in [0.2, 0.25) is 5.75 Å². The molecule has 0 unspecified atom stereocenters. The van der Waals surface area contributed by atoms with Crippen LogP contribution in [-0.4, -0.2) is 20.9 Å². The van der Waals surface area contributed by atoms with Gasteiger partial charge in [0.05, 0.1) is 15.4 Å². The Bertz CT molecular complexity index is 823. The van der Waals surface area contributed by atoms with E-state index in [2.05, 4.69) is 5.32 Å². The van der Waals surface area contributed by atoms with Gasteiger partial charge in [-0.15, -0.1) is 0 Å². The Hall–Kier alpha value is -3.20. The predicted molar refractivity (Wildman–Crippen MR) is 80.8 cm³/mol. The van der Waals surface area contributed by atoms with Gasteiger partial charge in [-0.2, -0.15) is 0 Å². The highest BCUT2D eigenvalue weighted by Crippen LogP contribution is 2.34. The number of halogens is 1. The molecule has 0 aliphatic carbocycles. The molecule has 9 nitrogen and oxygen atoms in total. The number of carbonyl (C=O) groups excluding carboxylic acids is 1. The van der Waals surface area contributed by atoms with Crippen LogP contribution in [0.15, 0.2) is 36.4 Å². The van der Waals surface area contributed by atoms with Gasteiger partial charge in [0.15, 0.2) is 0 Å². The number of phenolic OH excluding ortho intramolecular Hbond substituents is 1. The number of rotatable bonds is 4. The topological polar surface area (TPSA) is 136 Å². The van der Waals surface area contributed by atoms with Crippen LogP contribution in [0.3, 0.4) is 0 Å². The summed E-state index contributed by atoms with van der Waals surface area (Å²) in [6.45, 7) is 0. The molecule has 0 saturated heterocycles. The van der Waals surface area contributed by atoms with Crippen molar-refractivity contribution in [3.8, 4) is 5.75 Å². The van der Waals surface area contributed by atoms with Gasteiger partial charge in [0, 0.05) is 17.2 Å². The van der Waals surface area contributed by atoms with E-state index in [1.165, 1.54) is 24.3 Å². The molecule has 0 saturated carbocycles. The monoisotopic (exact) mass is 337 g/mol. The average Bonchev–Trinajstić information content (AvgIpc) is 2.49. The largest absolute Gasteiger partial charge is 0.502 e. The molecule has 0 radical (unpaired) electrons. The zero-order valence-corrected chi connectivity index (χ0v) is 12.0. The Labute approximate surface area is 133 Å². The average molecular weight is 338 g/mol. The number of carbonyl (C=O) groups is 1. The maximum absolute atomic E-state index is 12.2. The highest BCUT2D eigenvalue weighted by Gasteiger charge is 2.24. The summed E-state index contributed by atoms with van der Waals surface area (Å²) >= 11 is 5.69. The lowest BCUT2D eigenvalue weighted by Crippen LogP contribution is -2.13. The van der Waals surface area contributed by atoms with E-state index >= 15 is 0 Å². The minimum absolute atomic E-state index is 0.121. The number of phenols is 1. The van der Waals surface area contributed by atoms with Crippen LogP contribution in [0.5, 0.6) is 5.75 Å². The van der Waals surface area contributed by atoms with Crippen molar-refractivity contribution in [2.75, 3.05) is 5.32 Å². The molecule has 10 heteroatoms. The summed E-state index contributed by atoms with van der Waals surface area (Å²) in [4.78, 5) is 32.3. The van der Waals surface area contributed by atoms with E-state index in [1.807, 2.05) is 0 Å². The van der Waals surface area contributed by atoms with Gasteiger partial charge < -0.3 is 10.4 Å². The number of nitrogens with one attached hydrogen (secondary N) is 1. The standard InChI is InChI=1S/C13H8ClN3O6/c14-7-5-8(12(18)11(6-7)17(22)23)13(19)15-9-3-1-2-4-10(9)16(20)21/h1-6,18H,(H,15,19). The van der Waals surface area contributed by atoms with Crippen molar-refractivity contribution in [1.82, 2.24) is 0 Å². The first-order valence-corrected chi connectivity index (χ1v) is 6.40. The van der Waals surface area contributed by atoms with Gasteiger partial charge in [-0.3, -0.25) is 25.0 Å². The number of hydrogen-bond acceptors (Lipinski definition) is 6. The van der Waals surface area contributed by atoms with Gasteiger partial charge in [-0.25, -0.2) is 0 Å². The molecule has 2 N–H and O–H groups in total. The molecule has 0 bridgehead atoms. The fourth-order valence-corrected chi connectivity index (χ4v) is 2.04. The highest BCUT2D eigenvalue weighted by atomic mass is 35.5. The molecule has 2 aromatic carbocycles. The third-order valence-electron chi connectivity index (χ3n) is 2.84. The van der Waals surface area contributed by atoms with E-state index in [4.69, 9.17) is 11.6 Å².